The lowest BCUT2D eigenvalue weighted by Gasteiger charge is -2.13. The fraction of sp³-hybridized carbons (Fsp3) is 0.474. The number of nitrogens with zero attached hydrogens (tertiary/aromatic N) is 1. The highest BCUT2D eigenvalue weighted by Crippen LogP contribution is 2.23. The molecule has 2 amide bonds. The number of hydrogen-bond donors (Lipinski definition) is 2. The Hall–Kier alpha value is -2.41. The summed E-state index contributed by atoms with van der Waals surface area (Å²) in [5.41, 5.74) is 4.21. The normalized spacial score (nSPS) is 12.3. The molecular weight excluding hydrogens is 370 g/mol. The fourth-order valence-electron chi connectivity index (χ4n) is 2.34. The SMILES string of the molecule is CCOC(=O)[C@H](CC)/C(C)=N/NC(=O)CCC(=O)Nc1cccc(Cl)c1C. The first-order chi connectivity index (χ1) is 12.8. The summed E-state index contributed by atoms with van der Waals surface area (Å²) >= 11 is 6.01. The van der Waals surface area contributed by atoms with Gasteiger partial charge >= 0.3 is 5.97 Å². The zero-order chi connectivity index (χ0) is 20.4. The van der Waals surface area contributed by atoms with Crippen LogP contribution in [0.1, 0.15) is 45.6 Å². The Labute approximate surface area is 164 Å². The standard InChI is InChI=1S/C19H26ClN3O4/c1-5-14(19(26)27-6-2)13(4)22-23-18(25)11-10-17(24)21-16-9-7-8-15(20)12(16)3/h7-9,14H,5-6,10-11H2,1-4H3,(H,21,24)(H,23,25)/b22-13+/t14-/m1/s1. The van der Waals surface area contributed by atoms with Crippen LogP contribution in [0.4, 0.5) is 5.69 Å². The highest BCUT2D eigenvalue weighted by atomic mass is 35.5. The number of ether oxygens (including phenoxy) is 1. The molecule has 0 saturated heterocycles. The molecule has 0 saturated carbocycles. The molecule has 0 aliphatic heterocycles. The molecule has 1 aromatic rings. The van der Waals surface area contributed by atoms with Gasteiger partial charge in [-0.2, -0.15) is 5.10 Å². The van der Waals surface area contributed by atoms with Crippen molar-refractivity contribution in [2.24, 2.45) is 11.0 Å². The Morgan fingerprint density at radius 3 is 2.48 bits per heavy atom. The Balaban J connectivity index is 2.51. The van der Waals surface area contributed by atoms with E-state index in [0.29, 0.717) is 22.8 Å². The van der Waals surface area contributed by atoms with Gasteiger partial charge < -0.3 is 10.1 Å². The van der Waals surface area contributed by atoms with Crippen LogP contribution in [-0.4, -0.2) is 30.1 Å². The van der Waals surface area contributed by atoms with Crippen LogP contribution in [0.2, 0.25) is 5.02 Å². The van der Waals surface area contributed by atoms with Crippen LogP contribution in [0.25, 0.3) is 0 Å². The molecule has 0 aromatic heterocycles. The van der Waals surface area contributed by atoms with Crippen LogP contribution in [0.15, 0.2) is 23.3 Å². The average molecular weight is 396 g/mol. The van der Waals surface area contributed by atoms with Gasteiger partial charge in [0.2, 0.25) is 11.8 Å². The third kappa shape index (κ3) is 7.38. The van der Waals surface area contributed by atoms with Gasteiger partial charge in [-0.3, -0.25) is 14.4 Å². The van der Waals surface area contributed by atoms with Crippen molar-refractivity contribution < 1.29 is 19.1 Å². The summed E-state index contributed by atoms with van der Waals surface area (Å²) in [6.07, 6.45) is 0.491. The summed E-state index contributed by atoms with van der Waals surface area (Å²) in [5, 5.41) is 7.24. The number of halogens is 1. The first-order valence-corrected chi connectivity index (χ1v) is 9.22. The molecule has 2 N–H and O–H groups in total. The maximum atomic E-state index is 12.0. The van der Waals surface area contributed by atoms with Crippen LogP contribution >= 0.6 is 11.6 Å². The fourth-order valence-corrected chi connectivity index (χ4v) is 2.52. The third-order valence-electron chi connectivity index (χ3n) is 3.96. The van der Waals surface area contributed by atoms with Crippen molar-refractivity contribution in [3.05, 3.63) is 28.8 Å². The molecule has 148 valence electrons. The summed E-state index contributed by atoms with van der Waals surface area (Å²) in [6, 6.07) is 5.22. The zero-order valence-electron chi connectivity index (χ0n) is 16.1. The summed E-state index contributed by atoms with van der Waals surface area (Å²) in [6.45, 7) is 7.31. The molecule has 0 unspecified atom stereocenters. The van der Waals surface area contributed by atoms with Crippen molar-refractivity contribution in [1.29, 1.82) is 0 Å². The summed E-state index contributed by atoms with van der Waals surface area (Å²) in [5.74, 6) is -1.58. The number of anilines is 1. The second kappa shape index (κ2) is 11.3. The van der Waals surface area contributed by atoms with Gasteiger partial charge in [-0.1, -0.05) is 24.6 Å². The Morgan fingerprint density at radius 1 is 1.19 bits per heavy atom. The van der Waals surface area contributed by atoms with Crippen molar-refractivity contribution >= 4 is 40.8 Å². The lowest BCUT2D eigenvalue weighted by molar-refractivity contribution is -0.145. The van der Waals surface area contributed by atoms with Gasteiger partial charge in [0, 0.05) is 29.3 Å². The van der Waals surface area contributed by atoms with Gasteiger partial charge in [0.1, 0.15) is 0 Å². The number of nitrogens with one attached hydrogen (secondary N) is 2. The lowest BCUT2D eigenvalue weighted by Crippen LogP contribution is -2.27. The minimum Gasteiger partial charge on any atom is -0.465 e. The number of rotatable bonds is 9. The van der Waals surface area contributed by atoms with E-state index < -0.39 is 11.8 Å². The number of amides is 2. The van der Waals surface area contributed by atoms with Gasteiger partial charge in [0.25, 0.3) is 0 Å². The van der Waals surface area contributed by atoms with Gasteiger partial charge in [0.05, 0.1) is 12.5 Å². The first-order valence-electron chi connectivity index (χ1n) is 8.84. The van der Waals surface area contributed by atoms with Crippen LogP contribution in [0, 0.1) is 12.8 Å². The van der Waals surface area contributed by atoms with Crippen molar-refractivity contribution in [2.75, 3.05) is 11.9 Å². The molecule has 0 heterocycles. The van der Waals surface area contributed by atoms with Gasteiger partial charge in [-0.05, 0) is 44.9 Å². The highest BCUT2D eigenvalue weighted by Gasteiger charge is 2.21. The van der Waals surface area contributed by atoms with E-state index in [1.807, 2.05) is 6.92 Å². The molecule has 0 bridgehead atoms. The molecule has 0 aliphatic rings. The Morgan fingerprint density at radius 2 is 1.85 bits per heavy atom. The van der Waals surface area contributed by atoms with Crippen molar-refractivity contribution in [3.63, 3.8) is 0 Å². The number of carbonyl (C=O) groups is 3. The van der Waals surface area contributed by atoms with E-state index in [9.17, 15) is 14.4 Å². The van der Waals surface area contributed by atoms with Gasteiger partial charge in [0.15, 0.2) is 0 Å². The van der Waals surface area contributed by atoms with Gasteiger partial charge in [-0.15, -0.1) is 0 Å². The average Bonchev–Trinajstić information content (AvgIpc) is 2.63. The summed E-state index contributed by atoms with van der Waals surface area (Å²) in [4.78, 5) is 35.7. The molecule has 27 heavy (non-hydrogen) atoms. The van der Waals surface area contributed by atoms with Crippen LogP contribution in [0.5, 0.6) is 0 Å². The minimum absolute atomic E-state index is 0.00143. The molecule has 7 nitrogen and oxygen atoms in total. The molecule has 0 aliphatic carbocycles. The maximum Gasteiger partial charge on any atom is 0.314 e. The predicted molar refractivity (Wildman–Crippen MR) is 106 cm³/mol. The number of hydrogen-bond acceptors (Lipinski definition) is 5. The lowest BCUT2D eigenvalue weighted by atomic mass is 10.0. The minimum atomic E-state index is -0.501. The third-order valence-corrected chi connectivity index (χ3v) is 4.37. The van der Waals surface area contributed by atoms with Crippen molar-refractivity contribution in [3.8, 4) is 0 Å². The second-order valence-corrected chi connectivity index (χ2v) is 6.37. The van der Waals surface area contributed by atoms with E-state index in [1.54, 1.807) is 39.0 Å². The van der Waals surface area contributed by atoms with Crippen LogP contribution < -0.4 is 10.7 Å². The number of esters is 1. The quantitative estimate of drug-likeness (QED) is 0.380. The van der Waals surface area contributed by atoms with Gasteiger partial charge in [-0.25, -0.2) is 5.43 Å². The van der Waals surface area contributed by atoms with Crippen LogP contribution in [-0.2, 0) is 19.1 Å². The number of hydrazone groups is 1. The van der Waals surface area contributed by atoms with Crippen molar-refractivity contribution in [1.82, 2.24) is 5.43 Å². The molecule has 1 atom stereocenters. The second-order valence-electron chi connectivity index (χ2n) is 5.96. The first kappa shape index (κ1) is 22.6. The summed E-state index contributed by atoms with van der Waals surface area (Å²) < 4.78 is 4.98. The highest BCUT2D eigenvalue weighted by molar-refractivity contribution is 6.31. The number of benzene rings is 1. The molecule has 1 rings (SSSR count). The van der Waals surface area contributed by atoms with E-state index in [0.717, 1.165) is 5.56 Å². The van der Waals surface area contributed by atoms with E-state index in [2.05, 4.69) is 15.8 Å². The van der Waals surface area contributed by atoms with Crippen molar-refractivity contribution in [2.45, 2.75) is 47.0 Å². The molecule has 0 fully saturated rings. The van der Waals surface area contributed by atoms with E-state index in [4.69, 9.17) is 16.3 Å². The zero-order valence-corrected chi connectivity index (χ0v) is 16.9. The Kier molecular flexibility index (Phi) is 9.50. The van der Waals surface area contributed by atoms with Crippen LogP contribution in [0.3, 0.4) is 0 Å². The summed E-state index contributed by atoms with van der Waals surface area (Å²) in [7, 11) is 0. The van der Waals surface area contributed by atoms with E-state index in [1.165, 1.54) is 0 Å². The molecule has 0 spiro atoms. The maximum absolute atomic E-state index is 12.0. The largest absolute Gasteiger partial charge is 0.465 e. The molecule has 0 radical (unpaired) electrons. The topological polar surface area (TPSA) is 96.9 Å². The Bertz CT molecular complexity index is 719. The molecular formula is C19H26ClN3O4. The number of carbonyl (C=O) groups excluding carboxylic acids is 3. The smallest absolute Gasteiger partial charge is 0.314 e. The van der Waals surface area contributed by atoms with E-state index >= 15 is 0 Å². The monoisotopic (exact) mass is 395 g/mol. The predicted octanol–water partition coefficient (Wildman–Crippen LogP) is 3.45. The molecule has 1 aromatic carbocycles. The molecule has 8 heteroatoms. The van der Waals surface area contributed by atoms with E-state index in [-0.39, 0.29) is 31.3 Å².